The van der Waals surface area contributed by atoms with Crippen LogP contribution in [-0.2, 0) is 0 Å². The van der Waals surface area contributed by atoms with Gasteiger partial charge in [-0.3, -0.25) is 0 Å². The predicted molar refractivity (Wildman–Crippen MR) is 67.6 cm³/mol. The summed E-state index contributed by atoms with van der Waals surface area (Å²) in [4.78, 5) is 0. The Labute approximate surface area is 92.1 Å². The molecule has 1 heteroatoms. The highest BCUT2D eigenvalue weighted by Gasteiger charge is 1.79. The Morgan fingerprint density at radius 2 is 1.93 bits per heavy atom. The van der Waals surface area contributed by atoms with E-state index in [1.165, 1.54) is 0 Å². The van der Waals surface area contributed by atoms with Crippen LogP contribution < -0.4 is 0 Å². The smallest absolute Gasteiger partial charge is 0.0615 e. The van der Waals surface area contributed by atoms with Crippen molar-refractivity contribution in [3.05, 3.63) is 66.8 Å². The average molecular weight is 202 g/mol. The van der Waals surface area contributed by atoms with Gasteiger partial charge in [-0.25, -0.2) is 0 Å². The molecule has 0 saturated heterocycles. The van der Waals surface area contributed by atoms with Crippen molar-refractivity contribution >= 4 is 6.08 Å². The Morgan fingerprint density at radius 1 is 1.27 bits per heavy atom. The molecule has 80 valence electrons. The molecular formula is C14H18O. The average Bonchev–Trinajstić information content (AvgIpc) is 2.30. The van der Waals surface area contributed by atoms with E-state index < -0.39 is 0 Å². The van der Waals surface area contributed by atoms with Crippen LogP contribution in [0.4, 0.5) is 0 Å². The number of hydrogen-bond donors (Lipinski definition) is 1. The SMILES string of the molecule is C=CC=CC.OC/C=C/c1ccccc1. The molecule has 1 aromatic rings. The monoisotopic (exact) mass is 202 g/mol. The molecule has 0 radical (unpaired) electrons. The summed E-state index contributed by atoms with van der Waals surface area (Å²) in [5.41, 5.74) is 1.12. The summed E-state index contributed by atoms with van der Waals surface area (Å²) in [5, 5.41) is 8.44. The second-order valence-electron chi connectivity index (χ2n) is 2.76. The van der Waals surface area contributed by atoms with Crippen molar-refractivity contribution in [1.82, 2.24) is 0 Å². The number of rotatable bonds is 3. The predicted octanol–water partition coefficient (Wildman–Crippen LogP) is 3.44. The molecule has 15 heavy (non-hydrogen) atoms. The largest absolute Gasteiger partial charge is 0.392 e. The molecule has 1 N–H and O–H groups in total. The summed E-state index contributed by atoms with van der Waals surface area (Å²) >= 11 is 0. The minimum Gasteiger partial charge on any atom is -0.392 e. The lowest BCUT2D eigenvalue weighted by Crippen LogP contribution is -1.72. The summed E-state index contributed by atoms with van der Waals surface area (Å²) in [6.45, 7) is 5.53. The maximum absolute atomic E-state index is 8.44. The van der Waals surface area contributed by atoms with Crippen molar-refractivity contribution in [3.63, 3.8) is 0 Å². The highest BCUT2D eigenvalue weighted by Crippen LogP contribution is 1.99. The van der Waals surface area contributed by atoms with Crippen molar-refractivity contribution in [2.24, 2.45) is 0 Å². The van der Waals surface area contributed by atoms with E-state index in [9.17, 15) is 0 Å². The summed E-state index contributed by atoms with van der Waals surface area (Å²) in [6.07, 6.45) is 9.18. The maximum Gasteiger partial charge on any atom is 0.0615 e. The molecule has 1 nitrogen and oxygen atoms in total. The molecule has 0 aliphatic carbocycles. The summed E-state index contributed by atoms with van der Waals surface area (Å²) in [7, 11) is 0. The summed E-state index contributed by atoms with van der Waals surface area (Å²) in [5.74, 6) is 0. The molecule has 0 heterocycles. The van der Waals surface area contributed by atoms with E-state index in [-0.39, 0.29) is 6.61 Å². The van der Waals surface area contributed by atoms with Crippen molar-refractivity contribution in [3.8, 4) is 0 Å². The van der Waals surface area contributed by atoms with Crippen LogP contribution in [-0.4, -0.2) is 11.7 Å². The van der Waals surface area contributed by atoms with Crippen LogP contribution >= 0.6 is 0 Å². The minimum atomic E-state index is 0.106. The van der Waals surface area contributed by atoms with E-state index in [1.54, 1.807) is 12.2 Å². The molecular weight excluding hydrogens is 184 g/mol. The zero-order valence-corrected chi connectivity index (χ0v) is 9.13. The summed E-state index contributed by atoms with van der Waals surface area (Å²) in [6, 6.07) is 9.89. The van der Waals surface area contributed by atoms with Gasteiger partial charge in [-0.2, -0.15) is 0 Å². The van der Waals surface area contributed by atoms with E-state index in [4.69, 9.17) is 5.11 Å². The van der Waals surface area contributed by atoms with E-state index >= 15 is 0 Å². The Hall–Kier alpha value is -1.60. The van der Waals surface area contributed by atoms with Crippen molar-refractivity contribution in [2.75, 3.05) is 6.61 Å². The van der Waals surface area contributed by atoms with Crippen LogP contribution in [0.15, 0.2) is 61.2 Å². The van der Waals surface area contributed by atoms with Crippen LogP contribution in [0.3, 0.4) is 0 Å². The van der Waals surface area contributed by atoms with Crippen molar-refractivity contribution in [2.45, 2.75) is 6.92 Å². The van der Waals surface area contributed by atoms with Gasteiger partial charge in [0.25, 0.3) is 0 Å². The van der Waals surface area contributed by atoms with Crippen LogP contribution in [0.25, 0.3) is 6.08 Å². The Bertz CT molecular complexity index is 296. The third-order valence-electron chi connectivity index (χ3n) is 1.54. The molecule has 0 unspecified atom stereocenters. The lowest BCUT2D eigenvalue weighted by Gasteiger charge is -1.88. The van der Waals surface area contributed by atoms with E-state index in [2.05, 4.69) is 6.58 Å². The lowest BCUT2D eigenvalue weighted by molar-refractivity contribution is 0.343. The Kier molecular flexibility index (Phi) is 9.36. The third kappa shape index (κ3) is 8.72. The van der Waals surface area contributed by atoms with Gasteiger partial charge in [0.15, 0.2) is 0 Å². The second kappa shape index (κ2) is 10.5. The zero-order valence-electron chi connectivity index (χ0n) is 9.13. The van der Waals surface area contributed by atoms with E-state index in [0.717, 1.165) is 5.56 Å². The fraction of sp³-hybridized carbons (Fsp3) is 0.143. The minimum absolute atomic E-state index is 0.106. The molecule has 0 saturated carbocycles. The van der Waals surface area contributed by atoms with Gasteiger partial charge in [-0.15, -0.1) is 0 Å². The topological polar surface area (TPSA) is 20.2 Å². The molecule has 1 aromatic carbocycles. The Morgan fingerprint density at radius 3 is 2.33 bits per heavy atom. The van der Waals surface area contributed by atoms with Crippen LogP contribution in [0.5, 0.6) is 0 Å². The number of aliphatic hydroxyl groups is 1. The van der Waals surface area contributed by atoms with E-state index in [0.29, 0.717) is 0 Å². The maximum atomic E-state index is 8.44. The Balaban J connectivity index is 0.000000336. The van der Waals surface area contributed by atoms with Crippen LogP contribution in [0.1, 0.15) is 12.5 Å². The first kappa shape index (κ1) is 13.4. The lowest BCUT2D eigenvalue weighted by atomic mass is 10.2. The molecule has 1 rings (SSSR count). The van der Waals surface area contributed by atoms with Gasteiger partial charge in [0, 0.05) is 0 Å². The highest BCUT2D eigenvalue weighted by molar-refractivity contribution is 5.48. The molecule has 0 bridgehead atoms. The number of allylic oxidation sites excluding steroid dienone is 3. The van der Waals surface area contributed by atoms with Gasteiger partial charge in [0.2, 0.25) is 0 Å². The number of aliphatic hydroxyl groups excluding tert-OH is 1. The third-order valence-corrected chi connectivity index (χ3v) is 1.54. The van der Waals surface area contributed by atoms with Gasteiger partial charge in [0.1, 0.15) is 0 Å². The highest BCUT2D eigenvalue weighted by atomic mass is 16.2. The molecule has 0 aromatic heterocycles. The van der Waals surface area contributed by atoms with Crippen molar-refractivity contribution < 1.29 is 5.11 Å². The zero-order chi connectivity index (χ0) is 11.4. The second-order valence-corrected chi connectivity index (χ2v) is 2.76. The molecule has 0 atom stereocenters. The van der Waals surface area contributed by atoms with Gasteiger partial charge < -0.3 is 5.11 Å². The summed E-state index contributed by atoms with van der Waals surface area (Å²) < 4.78 is 0. The van der Waals surface area contributed by atoms with Gasteiger partial charge in [-0.1, -0.05) is 67.3 Å². The number of hydrogen-bond acceptors (Lipinski definition) is 1. The van der Waals surface area contributed by atoms with Crippen LogP contribution in [0.2, 0.25) is 0 Å². The molecule has 0 aliphatic heterocycles. The van der Waals surface area contributed by atoms with Gasteiger partial charge in [0.05, 0.1) is 6.61 Å². The first-order valence-electron chi connectivity index (χ1n) is 4.91. The molecule has 0 spiro atoms. The van der Waals surface area contributed by atoms with Gasteiger partial charge >= 0.3 is 0 Å². The normalized spacial score (nSPS) is 10.0. The van der Waals surface area contributed by atoms with Crippen molar-refractivity contribution in [1.29, 1.82) is 0 Å². The molecule has 0 fully saturated rings. The quantitative estimate of drug-likeness (QED) is 0.744. The fourth-order valence-corrected chi connectivity index (χ4v) is 0.889. The first-order chi connectivity index (χ1) is 7.35. The first-order valence-corrected chi connectivity index (χ1v) is 4.91. The van der Waals surface area contributed by atoms with E-state index in [1.807, 2.05) is 55.5 Å². The molecule has 0 aliphatic rings. The fourth-order valence-electron chi connectivity index (χ4n) is 0.889. The van der Waals surface area contributed by atoms with Gasteiger partial charge in [-0.05, 0) is 12.5 Å². The number of benzene rings is 1. The standard InChI is InChI=1S/C9H10O.C5H8/c10-8-4-7-9-5-2-1-3-6-9;1-3-5-4-2/h1-7,10H,8H2;3-5H,1H2,2H3/b7-4+;. The van der Waals surface area contributed by atoms with Crippen LogP contribution in [0, 0.1) is 0 Å². The molecule has 0 amide bonds.